The third kappa shape index (κ3) is 2.48. The van der Waals surface area contributed by atoms with Gasteiger partial charge in [-0.3, -0.25) is 5.10 Å². The van der Waals surface area contributed by atoms with Crippen molar-refractivity contribution in [2.75, 3.05) is 0 Å². The molecular formula is C13H17N3. The molecule has 0 bridgehead atoms. The molecule has 0 aliphatic carbocycles. The van der Waals surface area contributed by atoms with Crippen LogP contribution in [0.25, 0.3) is 11.4 Å². The smallest absolute Gasteiger partial charge is 0.155 e. The van der Waals surface area contributed by atoms with Crippen LogP contribution in [0.4, 0.5) is 0 Å². The van der Waals surface area contributed by atoms with E-state index in [-0.39, 0.29) is 0 Å². The molecule has 3 nitrogen and oxygen atoms in total. The van der Waals surface area contributed by atoms with E-state index in [1.165, 1.54) is 18.3 Å². The minimum absolute atomic E-state index is 0.746. The largest absolute Gasteiger partial charge is 0.259 e. The zero-order chi connectivity index (χ0) is 11.4. The number of rotatable bonds is 4. The molecule has 0 saturated carbocycles. The van der Waals surface area contributed by atoms with Crippen LogP contribution in [0.3, 0.4) is 0 Å². The predicted octanol–water partition coefficient (Wildman–Crippen LogP) is 3.06. The number of hydrogen-bond donors (Lipinski definition) is 1. The summed E-state index contributed by atoms with van der Waals surface area (Å²) in [5.41, 5.74) is 2.48. The zero-order valence-corrected chi connectivity index (χ0v) is 9.77. The highest BCUT2D eigenvalue weighted by atomic mass is 15.2. The van der Waals surface area contributed by atoms with Gasteiger partial charge in [-0.15, -0.1) is 0 Å². The first-order chi connectivity index (χ1) is 7.79. The van der Waals surface area contributed by atoms with Crippen LogP contribution in [0.5, 0.6) is 0 Å². The maximum absolute atomic E-state index is 4.13. The number of nitrogens with zero attached hydrogens (tertiary/aromatic N) is 2. The van der Waals surface area contributed by atoms with Gasteiger partial charge in [-0.2, -0.15) is 5.10 Å². The number of benzene rings is 1. The van der Waals surface area contributed by atoms with Crippen LogP contribution in [0.1, 0.15) is 25.8 Å². The summed E-state index contributed by atoms with van der Waals surface area (Å²) >= 11 is 0. The molecule has 84 valence electrons. The van der Waals surface area contributed by atoms with Gasteiger partial charge in [-0.05, 0) is 17.9 Å². The van der Waals surface area contributed by atoms with Gasteiger partial charge in [0.15, 0.2) is 5.82 Å². The van der Waals surface area contributed by atoms with E-state index >= 15 is 0 Å². The number of H-pyrrole nitrogens is 1. The van der Waals surface area contributed by atoms with Gasteiger partial charge in [0.25, 0.3) is 0 Å². The molecule has 1 unspecified atom stereocenters. The van der Waals surface area contributed by atoms with Gasteiger partial charge in [-0.1, -0.05) is 44.5 Å². The van der Waals surface area contributed by atoms with Crippen molar-refractivity contribution >= 4 is 0 Å². The standard InChI is InChI=1S/C13H17N3/c1-3-10(2)8-11-4-6-12(7-5-11)13-14-9-15-16-13/h4-7,9-10H,3,8H2,1-2H3,(H,14,15,16). The first-order valence-corrected chi connectivity index (χ1v) is 5.74. The van der Waals surface area contributed by atoms with E-state index in [0.717, 1.165) is 23.7 Å². The van der Waals surface area contributed by atoms with Crippen molar-refractivity contribution in [3.8, 4) is 11.4 Å². The first-order valence-electron chi connectivity index (χ1n) is 5.74. The number of aromatic amines is 1. The quantitative estimate of drug-likeness (QED) is 0.851. The Morgan fingerprint density at radius 2 is 2.00 bits per heavy atom. The number of aromatic nitrogens is 3. The zero-order valence-electron chi connectivity index (χ0n) is 9.77. The molecule has 1 aromatic heterocycles. The van der Waals surface area contributed by atoms with Crippen molar-refractivity contribution in [3.05, 3.63) is 36.2 Å². The Morgan fingerprint density at radius 3 is 2.56 bits per heavy atom. The van der Waals surface area contributed by atoms with Crippen LogP contribution in [0.2, 0.25) is 0 Å². The maximum atomic E-state index is 4.13. The maximum Gasteiger partial charge on any atom is 0.155 e. The summed E-state index contributed by atoms with van der Waals surface area (Å²) in [6.07, 6.45) is 3.90. The number of hydrogen-bond acceptors (Lipinski definition) is 2. The highest BCUT2D eigenvalue weighted by Gasteiger charge is 2.03. The van der Waals surface area contributed by atoms with Crippen LogP contribution < -0.4 is 0 Å². The summed E-state index contributed by atoms with van der Waals surface area (Å²) in [7, 11) is 0. The average molecular weight is 215 g/mol. The molecule has 0 aliphatic heterocycles. The summed E-state index contributed by atoms with van der Waals surface area (Å²) in [4.78, 5) is 4.13. The lowest BCUT2D eigenvalue weighted by molar-refractivity contribution is 0.560. The predicted molar refractivity (Wildman–Crippen MR) is 65.0 cm³/mol. The van der Waals surface area contributed by atoms with Crippen molar-refractivity contribution in [3.63, 3.8) is 0 Å². The Morgan fingerprint density at radius 1 is 1.25 bits per heavy atom. The van der Waals surface area contributed by atoms with Crippen molar-refractivity contribution < 1.29 is 0 Å². The van der Waals surface area contributed by atoms with Crippen LogP contribution in [-0.4, -0.2) is 15.2 Å². The highest BCUT2D eigenvalue weighted by Crippen LogP contribution is 2.17. The normalized spacial score (nSPS) is 12.6. The molecule has 0 aliphatic rings. The summed E-state index contributed by atoms with van der Waals surface area (Å²) in [6.45, 7) is 4.51. The van der Waals surface area contributed by atoms with Crippen molar-refractivity contribution in [1.82, 2.24) is 15.2 Å². The van der Waals surface area contributed by atoms with Gasteiger partial charge in [0, 0.05) is 5.56 Å². The van der Waals surface area contributed by atoms with Crippen LogP contribution in [-0.2, 0) is 6.42 Å². The first kappa shape index (κ1) is 10.9. The summed E-state index contributed by atoms with van der Waals surface area (Å²) in [6, 6.07) is 8.53. The lowest BCUT2D eigenvalue weighted by Gasteiger charge is -2.08. The molecule has 2 rings (SSSR count). The van der Waals surface area contributed by atoms with E-state index in [4.69, 9.17) is 0 Å². The lowest BCUT2D eigenvalue weighted by atomic mass is 9.98. The third-order valence-corrected chi connectivity index (χ3v) is 2.92. The third-order valence-electron chi connectivity index (χ3n) is 2.92. The summed E-state index contributed by atoms with van der Waals surface area (Å²) < 4.78 is 0. The molecule has 3 heteroatoms. The Labute approximate surface area is 95.9 Å². The fraction of sp³-hybridized carbons (Fsp3) is 0.385. The van der Waals surface area contributed by atoms with Crippen molar-refractivity contribution in [1.29, 1.82) is 0 Å². The molecule has 0 saturated heterocycles. The monoisotopic (exact) mass is 215 g/mol. The molecule has 0 spiro atoms. The molecule has 1 N–H and O–H groups in total. The van der Waals surface area contributed by atoms with Gasteiger partial charge in [0.2, 0.25) is 0 Å². The van der Waals surface area contributed by atoms with E-state index in [9.17, 15) is 0 Å². The fourth-order valence-electron chi connectivity index (χ4n) is 1.69. The van der Waals surface area contributed by atoms with E-state index in [2.05, 4.69) is 53.3 Å². The molecule has 16 heavy (non-hydrogen) atoms. The van der Waals surface area contributed by atoms with Crippen molar-refractivity contribution in [2.24, 2.45) is 5.92 Å². The molecule has 0 radical (unpaired) electrons. The topological polar surface area (TPSA) is 41.6 Å². The lowest BCUT2D eigenvalue weighted by Crippen LogP contribution is -1.97. The molecule has 1 atom stereocenters. The van der Waals surface area contributed by atoms with E-state index < -0.39 is 0 Å². The Hall–Kier alpha value is -1.64. The Balaban J connectivity index is 2.11. The molecule has 2 aromatic rings. The minimum atomic E-state index is 0.746. The minimum Gasteiger partial charge on any atom is -0.259 e. The number of nitrogens with one attached hydrogen (secondary N) is 1. The SMILES string of the molecule is CCC(C)Cc1ccc(-c2ncn[nH]2)cc1. The highest BCUT2D eigenvalue weighted by molar-refractivity contribution is 5.54. The Kier molecular flexibility index (Phi) is 3.34. The van der Waals surface area contributed by atoms with Gasteiger partial charge >= 0.3 is 0 Å². The van der Waals surface area contributed by atoms with E-state index in [1.54, 1.807) is 0 Å². The Bertz CT molecular complexity index is 417. The van der Waals surface area contributed by atoms with Gasteiger partial charge in [0.05, 0.1) is 0 Å². The second-order valence-corrected chi connectivity index (χ2v) is 4.25. The van der Waals surface area contributed by atoms with E-state index in [0.29, 0.717) is 0 Å². The molecule has 0 fully saturated rings. The summed E-state index contributed by atoms with van der Waals surface area (Å²) in [5.74, 6) is 1.58. The molecule has 1 heterocycles. The van der Waals surface area contributed by atoms with Gasteiger partial charge in [-0.25, -0.2) is 4.98 Å². The van der Waals surface area contributed by atoms with Crippen molar-refractivity contribution in [2.45, 2.75) is 26.7 Å². The fourth-order valence-corrected chi connectivity index (χ4v) is 1.69. The van der Waals surface area contributed by atoms with Gasteiger partial charge in [0.1, 0.15) is 6.33 Å². The summed E-state index contributed by atoms with van der Waals surface area (Å²) in [5, 5.41) is 6.71. The second kappa shape index (κ2) is 4.92. The molecule has 0 amide bonds. The molecular weight excluding hydrogens is 198 g/mol. The van der Waals surface area contributed by atoms with E-state index in [1.807, 2.05) is 0 Å². The van der Waals surface area contributed by atoms with Crippen LogP contribution >= 0.6 is 0 Å². The van der Waals surface area contributed by atoms with Gasteiger partial charge < -0.3 is 0 Å². The second-order valence-electron chi connectivity index (χ2n) is 4.25. The van der Waals surface area contributed by atoms with Crippen LogP contribution in [0, 0.1) is 5.92 Å². The van der Waals surface area contributed by atoms with Crippen LogP contribution in [0.15, 0.2) is 30.6 Å². The average Bonchev–Trinajstić information content (AvgIpc) is 2.83. The molecule has 1 aromatic carbocycles.